The van der Waals surface area contributed by atoms with Gasteiger partial charge in [0.15, 0.2) is 0 Å². The Bertz CT molecular complexity index is 432. The zero-order valence-corrected chi connectivity index (χ0v) is 11.4. The predicted molar refractivity (Wildman–Crippen MR) is 73.6 cm³/mol. The first-order chi connectivity index (χ1) is 8.50. The molecule has 2 unspecified atom stereocenters. The largest absolute Gasteiger partial charge is 0.397 e. The Morgan fingerprint density at radius 3 is 3.11 bits per heavy atom. The van der Waals surface area contributed by atoms with E-state index in [0.717, 1.165) is 25.7 Å². The highest BCUT2D eigenvalue weighted by molar-refractivity contribution is 7.12. The SMILES string of the molecule is CC1CCCC(O)(CNC(=O)c2sccc2N)C1. The number of nitrogens with one attached hydrogen (secondary N) is 1. The Balaban J connectivity index is 1.91. The van der Waals surface area contributed by atoms with E-state index in [4.69, 9.17) is 5.73 Å². The Kier molecular flexibility index (Phi) is 3.92. The topological polar surface area (TPSA) is 75.3 Å². The van der Waals surface area contributed by atoms with Crippen LogP contribution in [0.25, 0.3) is 0 Å². The van der Waals surface area contributed by atoms with Crippen LogP contribution in [0.15, 0.2) is 11.4 Å². The van der Waals surface area contributed by atoms with Crippen molar-refractivity contribution in [1.29, 1.82) is 0 Å². The molecule has 0 radical (unpaired) electrons. The molecule has 1 aromatic heterocycles. The van der Waals surface area contributed by atoms with Crippen LogP contribution in [0.3, 0.4) is 0 Å². The van der Waals surface area contributed by atoms with Crippen molar-refractivity contribution in [2.75, 3.05) is 12.3 Å². The van der Waals surface area contributed by atoms with Crippen LogP contribution in [-0.4, -0.2) is 23.2 Å². The molecule has 1 aliphatic rings. The van der Waals surface area contributed by atoms with Gasteiger partial charge < -0.3 is 16.2 Å². The van der Waals surface area contributed by atoms with Crippen LogP contribution in [0, 0.1) is 5.92 Å². The van der Waals surface area contributed by atoms with Gasteiger partial charge in [-0.25, -0.2) is 0 Å². The van der Waals surface area contributed by atoms with Crippen LogP contribution in [0.5, 0.6) is 0 Å². The summed E-state index contributed by atoms with van der Waals surface area (Å²) < 4.78 is 0. The van der Waals surface area contributed by atoms with Crippen molar-refractivity contribution in [3.63, 3.8) is 0 Å². The lowest BCUT2D eigenvalue weighted by molar-refractivity contribution is -0.0109. The van der Waals surface area contributed by atoms with Gasteiger partial charge in [-0.15, -0.1) is 11.3 Å². The number of nitrogens with two attached hydrogens (primary N) is 1. The van der Waals surface area contributed by atoms with Gasteiger partial charge >= 0.3 is 0 Å². The highest BCUT2D eigenvalue weighted by Crippen LogP contribution is 2.31. The summed E-state index contributed by atoms with van der Waals surface area (Å²) in [7, 11) is 0. The van der Waals surface area contributed by atoms with E-state index in [1.165, 1.54) is 11.3 Å². The zero-order chi connectivity index (χ0) is 13.2. The van der Waals surface area contributed by atoms with Crippen LogP contribution >= 0.6 is 11.3 Å². The standard InChI is InChI=1S/C13H20N2O2S/c1-9-3-2-5-13(17,7-9)8-15-12(16)11-10(14)4-6-18-11/h4,6,9,17H,2-3,5,7-8,14H2,1H3,(H,15,16). The third-order valence-corrected chi connectivity index (χ3v) is 4.48. The molecule has 5 heteroatoms. The molecule has 1 fully saturated rings. The molecule has 1 heterocycles. The lowest BCUT2D eigenvalue weighted by atomic mass is 9.79. The van der Waals surface area contributed by atoms with Crippen molar-refractivity contribution >= 4 is 22.9 Å². The van der Waals surface area contributed by atoms with Crippen LogP contribution in [-0.2, 0) is 0 Å². The van der Waals surface area contributed by atoms with E-state index in [9.17, 15) is 9.90 Å². The molecule has 4 nitrogen and oxygen atoms in total. The summed E-state index contributed by atoms with van der Waals surface area (Å²) in [6.07, 6.45) is 3.70. The minimum Gasteiger partial charge on any atom is -0.397 e. The van der Waals surface area contributed by atoms with Gasteiger partial charge in [-0.1, -0.05) is 19.8 Å². The second-order valence-corrected chi connectivity index (χ2v) is 6.23. The number of amides is 1. The maximum absolute atomic E-state index is 11.9. The first kappa shape index (κ1) is 13.4. The molecule has 1 saturated carbocycles. The summed E-state index contributed by atoms with van der Waals surface area (Å²) in [5.41, 5.74) is 5.44. The lowest BCUT2D eigenvalue weighted by Crippen LogP contribution is -2.45. The average molecular weight is 268 g/mol. The number of aliphatic hydroxyl groups is 1. The molecule has 0 bridgehead atoms. The number of thiophene rings is 1. The monoisotopic (exact) mass is 268 g/mol. The first-order valence-electron chi connectivity index (χ1n) is 6.34. The van der Waals surface area contributed by atoms with Crippen molar-refractivity contribution in [3.8, 4) is 0 Å². The molecule has 4 N–H and O–H groups in total. The molecule has 1 aliphatic carbocycles. The van der Waals surface area contributed by atoms with Gasteiger partial charge in [-0.3, -0.25) is 4.79 Å². The summed E-state index contributed by atoms with van der Waals surface area (Å²) in [6, 6.07) is 1.72. The highest BCUT2D eigenvalue weighted by atomic mass is 32.1. The fourth-order valence-corrected chi connectivity index (χ4v) is 3.36. The molecule has 100 valence electrons. The number of hydrogen-bond donors (Lipinski definition) is 3. The minimum atomic E-state index is -0.751. The van der Waals surface area contributed by atoms with Crippen LogP contribution in [0.1, 0.15) is 42.3 Å². The normalized spacial score (nSPS) is 28.0. The summed E-state index contributed by atoms with van der Waals surface area (Å²) >= 11 is 1.33. The number of rotatable bonds is 3. The molecular formula is C13H20N2O2S. The Morgan fingerprint density at radius 1 is 1.72 bits per heavy atom. The van der Waals surface area contributed by atoms with Gasteiger partial charge in [0, 0.05) is 6.54 Å². The Labute approximate surface area is 111 Å². The van der Waals surface area contributed by atoms with E-state index in [0.29, 0.717) is 23.0 Å². The van der Waals surface area contributed by atoms with E-state index >= 15 is 0 Å². The summed E-state index contributed by atoms with van der Waals surface area (Å²) in [4.78, 5) is 12.4. The van der Waals surface area contributed by atoms with Gasteiger partial charge in [0.1, 0.15) is 4.88 Å². The summed E-state index contributed by atoms with van der Waals surface area (Å²) in [6.45, 7) is 2.46. The molecule has 0 spiro atoms. The number of carbonyl (C=O) groups excluding carboxylic acids is 1. The van der Waals surface area contributed by atoms with Crippen molar-refractivity contribution in [3.05, 3.63) is 16.3 Å². The number of anilines is 1. The number of nitrogen functional groups attached to an aromatic ring is 1. The van der Waals surface area contributed by atoms with Gasteiger partial charge in [0.2, 0.25) is 0 Å². The molecule has 0 saturated heterocycles. The Hall–Kier alpha value is -1.07. The summed E-state index contributed by atoms with van der Waals surface area (Å²) in [5.74, 6) is 0.335. The third kappa shape index (κ3) is 3.03. The second kappa shape index (κ2) is 5.28. The van der Waals surface area contributed by atoms with E-state index < -0.39 is 5.60 Å². The van der Waals surface area contributed by atoms with Crippen molar-refractivity contribution in [2.24, 2.45) is 5.92 Å². The van der Waals surface area contributed by atoms with Crippen molar-refractivity contribution in [1.82, 2.24) is 5.32 Å². The van der Waals surface area contributed by atoms with Gasteiger partial charge in [-0.05, 0) is 30.2 Å². The fourth-order valence-electron chi connectivity index (χ4n) is 2.62. The van der Waals surface area contributed by atoms with Crippen LogP contribution < -0.4 is 11.1 Å². The molecule has 2 atom stereocenters. The zero-order valence-electron chi connectivity index (χ0n) is 10.6. The maximum Gasteiger partial charge on any atom is 0.263 e. The second-order valence-electron chi connectivity index (χ2n) is 5.31. The minimum absolute atomic E-state index is 0.186. The van der Waals surface area contributed by atoms with E-state index in [1.54, 1.807) is 11.4 Å². The van der Waals surface area contributed by atoms with Gasteiger partial charge in [-0.2, -0.15) is 0 Å². The molecular weight excluding hydrogens is 248 g/mol. The number of hydrogen-bond acceptors (Lipinski definition) is 4. The van der Waals surface area contributed by atoms with Gasteiger partial charge in [0.25, 0.3) is 5.91 Å². The quantitative estimate of drug-likeness (QED) is 0.785. The molecule has 1 amide bonds. The molecule has 2 rings (SSSR count). The van der Waals surface area contributed by atoms with Gasteiger partial charge in [0.05, 0.1) is 11.3 Å². The average Bonchev–Trinajstić information content (AvgIpc) is 2.72. The molecule has 1 aromatic rings. The smallest absolute Gasteiger partial charge is 0.263 e. The first-order valence-corrected chi connectivity index (χ1v) is 7.22. The van der Waals surface area contributed by atoms with E-state index in [-0.39, 0.29) is 5.91 Å². The molecule has 18 heavy (non-hydrogen) atoms. The van der Waals surface area contributed by atoms with Crippen molar-refractivity contribution < 1.29 is 9.90 Å². The van der Waals surface area contributed by atoms with Crippen molar-refractivity contribution in [2.45, 2.75) is 38.2 Å². The lowest BCUT2D eigenvalue weighted by Gasteiger charge is -2.35. The fraction of sp³-hybridized carbons (Fsp3) is 0.615. The number of carbonyl (C=O) groups is 1. The molecule has 0 aliphatic heterocycles. The Morgan fingerprint density at radius 2 is 2.50 bits per heavy atom. The third-order valence-electron chi connectivity index (χ3n) is 3.55. The van der Waals surface area contributed by atoms with E-state index in [2.05, 4.69) is 12.2 Å². The summed E-state index contributed by atoms with van der Waals surface area (Å²) in [5, 5.41) is 15.0. The van der Waals surface area contributed by atoms with Crippen LogP contribution in [0.4, 0.5) is 5.69 Å². The highest BCUT2D eigenvalue weighted by Gasteiger charge is 2.33. The van der Waals surface area contributed by atoms with Crippen LogP contribution in [0.2, 0.25) is 0 Å². The predicted octanol–water partition coefficient (Wildman–Crippen LogP) is 2.00. The maximum atomic E-state index is 11.9. The molecule has 0 aromatic carbocycles. The van der Waals surface area contributed by atoms with E-state index in [1.807, 2.05) is 0 Å².